The molecule has 23 heavy (non-hydrogen) atoms. The molecule has 0 saturated heterocycles. The molecular weight excluding hydrogens is 288 g/mol. The molecule has 1 N–H and O–H groups in total. The monoisotopic (exact) mass is 310 g/mol. The van der Waals surface area contributed by atoms with Crippen LogP contribution in [-0.4, -0.2) is 18.2 Å². The Labute approximate surface area is 137 Å². The van der Waals surface area contributed by atoms with Crippen molar-refractivity contribution >= 4 is 11.6 Å². The molecule has 2 aromatic carbocycles. The van der Waals surface area contributed by atoms with Gasteiger partial charge in [-0.05, 0) is 43.2 Å². The summed E-state index contributed by atoms with van der Waals surface area (Å²) < 4.78 is 5.37. The van der Waals surface area contributed by atoms with Gasteiger partial charge in [0.1, 0.15) is 5.75 Å². The van der Waals surface area contributed by atoms with E-state index >= 15 is 0 Å². The lowest BCUT2D eigenvalue weighted by Crippen LogP contribution is -2.20. The molecular formula is C19H22N2O2. The van der Waals surface area contributed by atoms with Crippen molar-refractivity contribution in [2.45, 2.75) is 26.7 Å². The van der Waals surface area contributed by atoms with Crippen LogP contribution in [0.2, 0.25) is 0 Å². The molecule has 0 unspecified atom stereocenters. The van der Waals surface area contributed by atoms with Gasteiger partial charge in [-0.1, -0.05) is 43.7 Å². The lowest BCUT2D eigenvalue weighted by Gasteiger charge is -2.07. The molecule has 2 rings (SSSR count). The van der Waals surface area contributed by atoms with E-state index in [0.29, 0.717) is 12.2 Å². The zero-order chi connectivity index (χ0) is 16.5. The number of hydrogen-bond acceptors (Lipinski definition) is 3. The first kappa shape index (κ1) is 16.7. The number of ether oxygens (including phenoxy) is 1. The van der Waals surface area contributed by atoms with Crippen LogP contribution in [0.15, 0.2) is 59.7 Å². The van der Waals surface area contributed by atoms with Crippen LogP contribution in [0.4, 0.5) is 0 Å². The first-order valence-corrected chi connectivity index (χ1v) is 7.89. The van der Waals surface area contributed by atoms with E-state index in [1.807, 2.05) is 37.3 Å². The summed E-state index contributed by atoms with van der Waals surface area (Å²) >= 11 is 0. The lowest BCUT2D eigenvalue weighted by atomic mass is 10.1. The third-order valence-corrected chi connectivity index (χ3v) is 3.31. The van der Waals surface area contributed by atoms with Crippen LogP contribution < -0.4 is 10.2 Å². The van der Waals surface area contributed by atoms with Gasteiger partial charge >= 0.3 is 0 Å². The van der Waals surface area contributed by atoms with E-state index in [2.05, 4.69) is 17.5 Å². The number of benzene rings is 2. The summed E-state index contributed by atoms with van der Waals surface area (Å²) in [5.41, 5.74) is 5.11. The summed E-state index contributed by atoms with van der Waals surface area (Å²) in [6, 6.07) is 16.9. The highest BCUT2D eigenvalue weighted by Gasteiger charge is 2.07. The number of carbonyl (C=O) groups excluding carboxylic acids is 1. The first-order valence-electron chi connectivity index (χ1n) is 7.89. The third kappa shape index (κ3) is 4.95. The summed E-state index contributed by atoms with van der Waals surface area (Å²) in [4.78, 5) is 12.2. The van der Waals surface area contributed by atoms with Crippen LogP contribution in [0.3, 0.4) is 0 Å². The molecule has 0 aliphatic rings. The molecule has 0 spiro atoms. The third-order valence-electron chi connectivity index (χ3n) is 3.31. The molecule has 0 aromatic heterocycles. The highest BCUT2D eigenvalue weighted by atomic mass is 16.5. The van der Waals surface area contributed by atoms with Crippen molar-refractivity contribution in [3.05, 3.63) is 65.7 Å². The van der Waals surface area contributed by atoms with Crippen LogP contribution >= 0.6 is 0 Å². The minimum Gasteiger partial charge on any atom is -0.494 e. The number of carbonyl (C=O) groups is 1. The van der Waals surface area contributed by atoms with E-state index in [9.17, 15) is 4.79 Å². The average molecular weight is 310 g/mol. The maximum Gasteiger partial charge on any atom is 0.271 e. The van der Waals surface area contributed by atoms with Crippen LogP contribution in [0.25, 0.3) is 0 Å². The fourth-order valence-electron chi connectivity index (χ4n) is 2.18. The molecule has 0 aliphatic heterocycles. The summed E-state index contributed by atoms with van der Waals surface area (Å²) in [6.07, 6.45) is 1.78. The first-order chi connectivity index (χ1) is 11.2. The number of nitrogens with one attached hydrogen (secondary N) is 1. The fraction of sp³-hybridized carbons (Fsp3) is 0.263. The Bertz CT molecular complexity index is 649. The van der Waals surface area contributed by atoms with E-state index in [0.717, 1.165) is 29.9 Å². The van der Waals surface area contributed by atoms with E-state index in [4.69, 9.17) is 4.74 Å². The molecule has 0 fully saturated rings. The molecule has 0 saturated carbocycles. The van der Waals surface area contributed by atoms with Gasteiger partial charge in [-0.25, -0.2) is 5.43 Å². The quantitative estimate of drug-likeness (QED) is 0.620. The molecule has 0 atom stereocenters. The summed E-state index contributed by atoms with van der Waals surface area (Å²) in [6.45, 7) is 4.62. The van der Waals surface area contributed by atoms with Gasteiger partial charge < -0.3 is 4.74 Å². The smallest absolute Gasteiger partial charge is 0.271 e. The highest BCUT2D eigenvalue weighted by Crippen LogP contribution is 2.12. The van der Waals surface area contributed by atoms with E-state index in [-0.39, 0.29) is 5.91 Å². The summed E-state index contributed by atoms with van der Waals surface area (Å²) in [5.74, 6) is 0.529. The molecule has 2 aromatic rings. The predicted octanol–water partition coefficient (Wildman–Crippen LogP) is 4.02. The van der Waals surface area contributed by atoms with Gasteiger partial charge in [0, 0.05) is 5.56 Å². The van der Waals surface area contributed by atoms with Crippen LogP contribution in [0.5, 0.6) is 5.75 Å². The van der Waals surface area contributed by atoms with Crippen molar-refractivity contribution in [3.63, 3.8) is 0 Å². The minimum absolute atomic E-state index is 0.224. The van der Waals surface area contributed by atoms with Gasteiger partial charge in [0.05, 0.1) is 12.3 Å². The van der Waals surface area contributed by atoms with Crippen LogP contribution in [-0.2, 0) is 0 Å². The Hall–Kier alpha value is -2.62. The molecule has 0 aliphatic carbocycles. The van der Waals surface area contributed by atoms with Crippen LogP contribution in [0.1, 0.15) is 42.6 Å². The Morgan fingerprint density at radius 2 is 1.70 bits per heavy atom. The molecule has 4 heteroatoms. The zero-order valence-electron chi connectivity index (χ0n) is 13.6. The highest BCUT2D eigenvalue weighted by molar-refractivity contribution is 6.02. The lowest BCUT2D eigenvalue weighted by molar-refractivity contribution is 0.0954. The van der Waals surface area contributed by atoms with Crippen molar-refractivity contribution < 1.29 is 9.53 Å². The topological polar surface area (TPSA) is 50.7 Å². The largest absolute Gasteiger partial charge is 0.494 e. The van der Waals surface area contributed by atoms with Gasteiger partial charge in [-0.15, -0.1) is 0 Å². The normalized spacial score (nSPS) is 11.1. The summed E-state index contributed by atoms with van der Waals surface area (Å²) in [7, 11) is 0. The maximum absolute atomic E-state index is 12.2. The number of nitrogens with zero attached hydrogens (tertiary/aromatic N) is 1. The van der Waals surface area contributed by atoms with Crippen molar-refractivity contribution in [1.82, 2.24) is 5.43 Å². The second-order valence-corrected chi connectivity index (χ2v) is 5.07. The van der Waals surface area contributed by atoms with Gasteiger partial charge in [-0.3, -0.25) is 4.79 Å². The van der Waals surface area contributed by atoms with E-state index in [1.54, 1.807) is 24.3 Å². The number of hydrogen-bond donors (Lipinski definition) is 1. The Morgan fingerprint density at radius 3 is 2.30 bits per heavy atom. The standard InChI is InChI=1S/C19H22N2O2/c1-3-8-18(15-9-6-5-7-10-15)20-21-19(22)16-11-13-17(14-12-16)23-4-2/h5-7,9-14H,3-4,8H2,1-2H3,(H,21,22)/b20-18-. The molecule has 1 amide bonds. The molecule has 0 heterocycles. The minimum atomic E-state index is -0.224. The summed E-state index contributed by atoms with van der Waals surface area (Å²) in [5, 5.41) is 4.30. The predicted molar refractivity (Wildman–Crippen MR) is 93.0 cm³/mol. The number of amides is 1. The van der Waals surface area contributed by atoms with Crippen LogP contribution in [0, 0.1) is 0 Å². The van der Waals surface area contributed by atoms with Crippen molar-refractivity contribution in [2.24, 2.45) is 5.10 Å². The SMILES string of the molecule is CCC/C(=N/NC(=O)c1ccc(OCC)cc1)c1ccccc1. The van der Waals surface area contributed by atoms with E-state index in [1.165, 1.54) is 0 Å². The Morgan fingerprint density at radius 1 is 1.00 bits per heavy atom. The van der Waals surface area contributed by atoms with Gasteiger partial charge in [0.25, 0.3) is 5.91 Å². The molecule has 0 bridgehead atoms. The zero-order valence-corrected chi connectivity index (χ0v) is 13.6. The maximum atomic E-state index is 12.2. The molecule has 0 radical (unpaired) electrons. The molecule has 120 valence electrons. The van der Waals surface area contributed by atoms with Gasteiger partial charge in [0.15, 0.2) is 0 Å². The van der Waals surface area contributed by atoms with Gasteiger partial charge in [-0.2, -0.15) is 5.10 Å². The molecule has 4 nitrogen and oxygen atoms in total. The van der Waals surface area contributed by atoms with Crippen molar-refractivity contribution in [2.75, 3.05) is 6.61 Å². The van der Waals surface area contributed by atoms with Gasteiger partial charge in [0.2, 0.25) is 0 Å². The van der Waals surface area contributed by atoms with Crippen molar-refractivity contribution in [3.8, 4) is 5.75 Å². The Kier molecular flexibility index (Phi) is 6.36. The van der Waals surface area contributed by atoms with Crippen molar-refractivity contribution in [1.29, 1.82) is 0 Å². The number of hydrazone groups is 1. The Balaban J connectivity index is 2.08. The fourth-order valence-corrected chi connectivity index (χ4v) is 2.18. The second-order valence-electron chi connectivity index (χ2n) is 5.07. The number of rotatable bonds is 7. The second kappa shape index (κ2) is 8.73. The van der Waals surface area contributed by atoms with E-state index < -0.39 is 0 Å². The average Bonchev–Trinajstić information content (AvgIpc) is 2.60.